The molecular weight excluding hydrogens is 276 g/mol. The van der Waals surface area contributed by atoms with Gasteiger partial charge >= 0.3 is 0 Å². The fourth-order valence-corrected chi connectivity index (χ4v) is 2.60. The SMILES string of the molecule is C=C(C)C(=O)Nc1cccc(S(=O)(=O)NCC(C)C)c1. The predicted molar refractivity (Wildman–Crippen MR) is 79.9 cm³/mol. The number of carbonyl (C=O) groups excluding carboxylic acids is 1. The van der Waals surface area contributed by atoms with Crippen LogP contribution in [0.15, 0.2) is 41.3 Å². The molecule has 0 radical (unpaired) electrons. The molecule has 20 heavy (non-hydrogen) atoms. The average Bonchev–Trinajstić information content (AvgIpc) is 2.36. The third kappa shape index (κ3) is 4.79. The monoisotopic (exact) mass is 296 g/mol. The molecule has 5 nitrogen and oxygen atoms in total. The Hall–Kier alpha value is -1.66. The molecule has 0 saturated carbocycles. The van der Waals surface area contributed by atoms with E-state index >= 15 is 0 Å². The molecule has 6 heteroatoms. The highest BCUT2D eigenvalue weighted by molar-refractivity contribution is 7.89. The molecule has 110 valence electrons. The van der Waals surface area contributed by atoms with E-state index in [0.717, 1.165) is 0 Å². The van der Waals surface area contributed by atoms with Crippen LogP contribution in [0.3, 0.4) is 0 Å². The molecule has 1 aromatic carbocycles. The summed E-state index contributed by atoms with van der Waals surface area (Å²) in [6.07, 6.45) is 0. The summed E-state index contributed by atoms with van der Waals surface area (Å²) in [5.74, 6) is -0.120. The summed E-state index contributed by atoms with van der Waals surface area (Å²) >= 11 is 0. The van der Waals surface area contributed by atoms with E-state index in [-0.39, 0.29) is 16.7 Å². The molecule has 0 fully saturated rings. The standard InChI is InChI=1S/C14H20N2O3S/c1-10(2)9-15-20(18,19)13-7-5-6-12(8-13)16-14(17)11(3)4/h5-8,10,15H,3,9H2,1-2,4H3,(H,16,17). The van der Waals surface area contributed by atoms with Crippen molar-refractivity contribution >= 4 is 21.6 Å². The lowest BCUT2D eigenvalue weighted by molar-refractivity contribution is -0.112. The van der Waals surface area contributed by atoms with E-state index in [1.807, 2.05) is 13.8 Å². The van der Waals surface area contributed by atoms with Crippen LogP contribution in [-0.4, -0.2) is 20.9 Å². The van der Waals surface area contributed by atoms with E-state index in [0.29, 0.717) is 17.8 Å². The minimum atomic E-state index is -3.56. The molecular formula is C14H20N2O3S. The lowest BCUT2D eigenvalue weighted by atomic mass is 10.2. The average molecular weight is 296 g/mol. The van der Waals surface area contributed by atoms with Gasteiger partial charge in [0.15, 0.2) is 0 Å². The summed E-state index contributed by atoms with van der Waals surface area (Å²) in [5.41, 5.74) is 0.779. The van der Waals surface area contributed by atoms with E-state index in [1.165, 1.54) is 12.1 Å². The third-order valence-corrected chi connectivity index (χ3v) is 3.89. The Morgan fingerprint density at radius 2 is 2.00 bits per heavy atom. The number of hydrogen-bond donors (Lipinski definition) is 2. The first kappa shape index (κ1) is 16.4. The van der Waals surface area contributed by atoms with Gasteiger partial charge in [-0.05, 0) is 31.0 Å². The molecule has 2 N–H and O–H groups in total. The van der Waals surface area contributed by atoms with Crippen LogP contribution < -0.4 is 10.0 Å². The molecule has 1 aromatic rings. The van der Waals surface area contributed by atoms with Crippen molar-refractivity contribution in [3.63, 3.8) is 0 Å². The summed E-state index contributed by atoms with van der Waals surface area (Å²) in [7, 11) is -3.56. The van der Waals surface area contributed by atoms with Gasteiger partial charge in [0.25, 0.3) is 5.91 Å². The van der Waals surface area contributed by atoms with E-state index in [2.05, 4.69) is 16.6 Å². The van der Waals surface area contributed by atoms with Gasteiger partial charge in [0.05, 0.1) is 4.90 Å². The Balaban J connectivity index is 2.92. The van der Waals surface area contributed by atoms with Gasteiger partial charge in [-0.25, -0.2) is 13.1 Å². The van der Waals surface area contributed by atoms with Gasteiger partial charge in [-0.3, -0.25) is 4.79 Å². The Kier molecular flexibility index (Phi) is 5.47. The van der Waals surface area contributed by atoms with Crippen LogP contribution in [0.1, 0.15) is 20.8 Å². The summed E-state index contributed by atoms with van der Waals surface area (Å²) in [6.45, 7) is 9.32. The normalized spacial score (nSPS) is 11.4. The van der Waals surface area contributed by atoms with Gasteiger partial charge in [-0.1, -0.05) is 26.5 Å². The molecule has 0 saturated heterocycles. The zero-order valence-electron chi connectivity index (χ0n) is 11.9. The van der Waals surface area contributed by atoms with Crippen molar-refractivity contribution in [2.45, 2.75) is 25.7 Å². The molecule has 0 aliphatic carbocycles. The molecule has 0 atom stereocenters. The van der Waals surface area contributed by atoms with Crippen LogP contribution in [-0.2, 0) is 14.8 Å². The lowest BCUT2D eigenvalue weighted by Gasteiger charge is -2.10. The number of anilines is 1. The van der Waals surface area contributed by atoms with Gasteiger partial charge in [-0.2, -0.15) is 0 Å². The molecule has 1 amide bonds. The summed E-state index contributed by atoms with van der Waals surface area (Å²) in [6, 6.07) is 6.11. The Labute approximate surface area is 120 Å². The number of hydrogen-bond acceptors (Lipinski definition) is 3. The minimum absolute atomic E-state index is 0.123. The number of sulfonamides is 1. The fraction of sp³-hybridized carbons (Fsp3) is 0.357. The van der Waals surface area contributed by atoms with Crippen LogP contribution >= 0.6 is 0 Å². The topological polar surface area (TPSA) is 75.3 Å². The van der Waals surface area contributed by atoms with E-state index in [9.17, 15) is 13.2 Å². The Bertz CT molecular complexity index is 607. The molecule has 0 aliphatic rings. The van der Waals surface area contributed by atoms with E-state index in [4.69, 9.17) is 0 Å². The van der Waals surface area contributed by atoms with Crippen LogP contribution in [0.4, 0.5) is 5.69 Å². The van der Waals surface area contributed by atoms with Crippen molar-refractivity contribution in [3.8, 4) is 0 Å². The van der Waals surface area contributed by atoms with Crippen molar-refractivity contribution in [2.24, 2.45) is 5.92 Å². The molecule has 0 heterocycles. The number of carbonyl (C=O) groups is 1. The number of benzene rings is 1. The maximum Gasteiger partial charge on any atom is 0.250 e. The summed E-state index contributed by atoms with van der Waals surface area (Å²) in [4.78, 5) is 11.6. The molecule has 0 unspecified atom stereocenters. The van der Waals surface area contributed by atoms with E-state index < -0.39 is 10.0 Å². The number of amides is 1. The van der Waals surface area contributed by atoms with Gasteiger partial charge in [0, 0.05) is 17.8 Å². The second-order valence-corrected chi connectivity index (χ2v) is 6.77. The quantitative estimate of drug-likeness (QED) is 0.790. The van der Waals surface area contributed by atoms with Crippen LogP contribution in [0.5, 0.6) is 0 Å². The summed E-state index contributed by atoms with van der Waals surface area (Å²) in [5, 5.41) is 2.59. The minimum Gasteiger partial charge on any atom is -0.322 e. The third-order valence-electron chi connectivity index (χ3n) is 2.47. The van der Waals surface area contributed by atoms with Crippen molar-refractivity contribution in [3.05, 3.63) is 36.4 Å². The maximum absolute atomic E-state index is 12.1. The first-order valence-electron chi connectivity index (χ1n) is 6.29. The zero-order chi connectivity index (χ0) is 15.3. The van der Waals surface area contributed by atoms with Crippen molar-refractivity contribution in [2.75, 3.05) is 11.9 Å². The largest absolute Gasteiger partial charge is 0.322 e. The second-order valence-electron chi connectivity index (χ2n) is 5.01. The maximum atomic E-state index is 12.1. The molecule has 0 aliphatic heterocycles. The lowest BCUT2D eigenvalue weighted by Crippen LogP contribution is -2.27. The van der Waals surface area contributed by atoms with Gasteiger partial charge in [-0.15, -0.1) is 0 Å². The van der Waals surface area contributed by atoms with Crippen LogP contribution in [0.2, 0.25) is 0 Å². The first-order valence-corrected chi connectivity index (χ1v) is 7.77. The number of nitrogens with one attached hydrogen (secondary N) is 2. The van der Waals surface area contributed by atoms with Gasteiger partial charge in [0.2, 0.25) is 10.0 Å². The van der Waals surface area contributed by atoms with Gasteiger partial charge in [0.1, 0.15) is 0 Å². The zero-order valence-corrected chi connectivity index (χ0v) is 12.8. The van der Waals surface area contributed by atoms with Gasteiger partial charge < -0.3 is 5.32 Å². The highest BCUT2D eigenvalue weighted by Gasteiger charge is 2.15. The predicted octanol–water partition coefficient (Wildman–Crippen LogP) is 2.14. The molecule has 0 bridgehead atoms. The highest BCUT2D eigenvalue weighted by Crippen LogP contribution is 2.16. The molecule has 0 aromatic heterocycles. The Morgan fingerprint density at radius 3 is 2.55 bits per heavy atom. The molecule has 0 spiro atoms. The smallest absolute Gasteiger partial charge is 0.250 e. The van der Waals surface area contributed by atoms with Crippen molar-refractivity contribution in [1.82, 2.24) is 4.72 Å². The Morgan fingerprint density at radius 1 is 1.35 bits per heavy atom. The second kappa shape index (κ2) is 6.67. The first-order chi connectivity index (χ1) is 9.22. The van der Waals surface area contributed by atoms with Crippen molar-refractivity contribution in [1.29, 1.82) is 0 Å². The molecule has 1 rings (SSSR count). The van der Waals surface area contributed by atoms with Crippen LogP contribution in [0, 0.1) is 5.92 Å². The number of rotatable bonds is 6. The highest BCUT2D eigenvalue weighted by atomic mass is 32.2. The van der Waals surface area contributed by atoms with Crippen LogP contribution in [0.25, 0.3) is 0 Å². The summed E-state index contributed by atoms with van der Waals surface area (Å²) < 4.78 is 26.7. The fourth-order valence-electron chi connectivity index (χ4n) is 1.34. The van der Waals surface area contributed by atoms with E-state index in [1.54, 1.807) is 19.1 Å². The van der Waals surface area contributed by atoms with Crippen molar-refractivity contribution < 1.29 is 13.2 Å².